The molecule has 0 saturated carbocycles. The summed E-state index contributed by atoms with van der Waals surface area (Å²) in [4.78, 5) is 29.5. The van der Waals surface area contributed by atoms with Crippen LogP contribution in [0.4, 0.5) is 5.82 Å². The van der Waals surface area contributed by atoms with Crippen molar-refractivity contribution in [1.29, 1.82) is 0 Å². The van der Waals surface area contributed by atoms with E-state index >= 15 is 0 Å². The fraction of sp³-hybridized carbons (Fsp3) is 0.350. The number of ether oxygens (including phenoxy) is 1. The van der Waals surface area contributed by atoms with Crippen molar-refractivity contribution in [2.75, 3.05) is 44.3 Å². The summed E-state index contributed by atoms with van der Waals surface area (Å²) < 4.78 is 5.35. The highest BCUT2D eigenvalue weighted by Gasteiger charge is 2.34. The van der Waals surface area contributed by atoms with Crippen molar-refractivity contribution in [1.82, 2.24) is 19.9 Å². The smallest absolute Gasteiger partial charge is 0.257 e. The maximum Gasteiger partial charge on any atom is 0.257 e. The van der Waals surface area contributed by atoms with Gasteiger partial charge in [0.05, 0.1) is 35.7 Å². The lowest BCUT2D eigenvalue weighted by Crippen LogP contribution is -2.47. The second-order valence-corrected chi connectivity index (χ2v) is 7.60. The lowest BCUT2D eigenvalue weighted by Gasteiger charge is -2.40. The number of anilines is 1. The summed E-state index contributed by atoms with van der Waals surface area (Å²) in [5.41, 5.74) is 2.51. The van der Waals surface area contributed by atoms with Gasteiger partial charge in [-0.3, -0.25) is 4.79 Å². The van der Waals surface area contributed by atoms with Crippen LogP contribution >= 0.6 is 11.6 Å². The van der Waals surface area contributed by atoms with Crippen LogP contribution in [0.2, 0.25) is 5.02 Å². The van der Waals surface area contributed by atoms with Crippen molar-refractivity contribution < 1.29 is 9.53 Å². The highest BCUT2D eigenvalue weighted by Crippen LogP contribution is 2.32. The first-order valence-corrected chi connectivity index (χ1v) is 9.79. The number of nitrogens with zero attached hydrogens (tertiary/aromatic N) is 4. The second-order valence-electron chi connectivity index (χ2n) is 7.16. The van der Waals surface area contributed by atoms with Crippen molar-refractivity contribution in [3.63, 3.8) is 0 Å². The van der Waals surface area contributed by atoms with E-state index in [2.05, 4.69) is 19.9 Å². The van der Waals surface area contributed by atoms with Crippen molar-refractivity contribution in [2.45, 2.75) is 5.92 Å². The summed E-state index contributed by atoms with van der Waals surface area (Å²) in [6.07, 6.45) is 1.74. The van der Waals surface area contributed by atoms with Gasteiger partial charge in [0, 0.05) is 37.4 Å². The molecule has 5 rings (SSSR count). The lowest BCUT2D eigenvalue weighted by molar-refractivity contribution is 0.0303. The van der Waals surface area contributed by atoms with Crippen LogP contribution in [0.3, 0.4) is 0 Å². The number of rotatable bonds is 3. The molecule has 28 heavy (non-hydrogen) atoms. The van der Waals surface area contributed by atoms with E-state index in [9.17, 15) is 4.79 Å². The molecule has 2 saturated heterocycles. The first kappa shape index (κ1) is 17.5. The van der Waals surface area contributed by atoms with Crippen LogP contribution in [0, 0.1) is 0 Å². The molecule has 2 aromatic heterocycles. The number of nitrogens with one attached hydrogen (secondary N) is 1. The molecule has 0 unspecified atom stereocenters. The predicted molar refractivity (Wildman–Crippen MR) is 107 cm³/mol. The average molecular weight is 398 g/mol. The number of carbonyl (C=O) groups excluding carboxylic acids is 1. The number of aromatic nitrogens is 3. The van der Waals surface area contributed by atoms with E-state index < -0.39 is 0 Å². The molecule has 1 amide bonds. The Labute approximate surface area is 167 Å². The quantitative estimate of drug-likeness (QED) is 0.735. The Kier molecular flexibility index (Phi) is 4.41. The number of H-pyrrole nitrogens is 1. The number of hydrogen-bond acceptors (Lipinski definition) is 5. The largest absolute Gasteiger partial charge is 0.378 e. The minimum atomic E-state index is 0.0215. The molecule has 8 heteroatoms. The van der Waals surface area contributed by atoms with Crippen LogP contribution in [-0.4, -0.2) is 65.2 Å². The molecule has 3 aromatic rings. The molecule has 0 aliphatic carbocycles. The molecule has 7 nitrogen and oxygen atoms in total. The van der Waals surface area contributed by atoms with Gasteiger partial charge in [0.2, 0.25) is 0 Å². The fourth-order valence-electron chi connectivity index (χ4n) is 3.77. The van der Waals surface area contributed by atoms with Gasteiger partial charge < -0.3 is 19.5 Å². The predicted octanol–water partition coefficient (Wildman–Crippen LogP) is 2.69. The molecule has 0 radical (unpaired) electrons. The first-order valence-electron chi connectivity index (χ1n) is 9.41. The summed E-state index contributed by atoms with van der Waals surface area (Å²) in [7, 11) is 0. The number of pyridine rings is 1. The molecule has 144 valence electrons. The number of benzene rings is 1. The van der Waals surface area contributed by atoms with Gasteiger partial charge in [-0.05, 0) is 30.3 Å². The Morgan fingerprint density at radius 1 is 1.21 bits per heavy atom. The van der Waals surface area contributed by atoms with Gasteiger partial charge in [0.25, 0.3) is 5.91 Å². The van der Waals surface area contributed by atoms with E-state index in [-0.39, 0.29) is 11.8 Å². The van der Waals surface area contributed by atoms with Crippen molar-refractivity contribution in [3.05, 3.63) is 52.9 Å². The normalized spacial score (nSPS) is 17.8. The number of fused-ring (bicyclic) bond motifs is 1. The summed E-state index contributed by atoms with van der Waals surface area (Å²) in [6, 6.07) is 9.33. The van der Waals surface area contributed by atoms with Crippen molar-refractivity contribution >= 4 is 34.4 Å². The molecule has 1 N–H and O–H groups in total. The number of hydrogen-bond donors (Lipinski definition) is 1. The minimum Gasteiger partial charge on any atom is -0.378 e. The third kappa shape index (κ3) is 3.10. The maximum absolute atomic E-state index is 12.9. The SMILES string of the molecule is O=C(c1cccnc1N1CC(c2nc3ccc(Cl)cc3[nH]2)C1)N1CCOCC1. The van der Waals surface area contributed by atoms with E-state index in [1.165, 1.54) is 0 Å². The maximum atomic E-state index is 12.9. The number of morpholine rings is 1. The summed E-state index contributed by atoms with van der Waals surface area (Å²) >= 11 is 6.06. The molecule has 2 aliphatic rings. The Hall–Kier alpha value is -2.64. The van der Waals surface area contributed by atoms with Gasteiger partial charge >= 0.3 is 0 Å². The third-order valence-electron chi connectivity index (χ3n) is 5.35. The number of amides is 1. The van der Waals surface area contributed by atoms with Crippen LogP contribution in [0.15, 0.2) is 36.5 Å². The van der Waals surface area contributed by atoms with E-state index in [1.54, 1.807) is 6.20 Å². The number of aromatic amines is 1. The molecular weight excluding hydrogens is 378 g/mol. The zero-order valence-corrected chi connectivity index (χ0v) is 16.0. The Bertz CT molecular complexity index is 1020. The monoisotopic (exact) mass is 397 g/mol. The van der Waals surface area contributed by atoms with Crippen molar-refractivity contribution in [2.24, 2.45) is 0 Å². The molecule has 0 atom stereocenters. The van der Waals surface area contributed by atoms with Crippen molar-refractivity contribution in [3.8, 4) is 0 Å². The number of imidazole rings is 1. The molecule has 4 heterocycles. The van der Waals surface area contributed by atoms with Gasteiger partial charge in [0.15, 0.2) is 0 Å². The fourth-order valence-corrected chi connectivity index (χ4v) is 3.94. The standard InChI is InChI=1S/C20H20ClN5O2/c21-14-3-4-16-17(10-14)24-18(23-16)13-11-26(12-13)19-15(2-1-5-22-19)20(27)25-6-8-28-9-7-25/h1-5,10,13H,6-9,11-12H2,(H,23,24). The molecule has 2 aliphatic heterocycles. The Balaban J connectivity index is 1.33. The van der Waals surface area contributed by atoms with Crippen LogP contribution in [0.25, 0.3) is 11.0 Å². The van der Waals surface area contributed by atoms with E-state index in [1.807, 2.05) is 35.2 Å². The van der Waals surface area contributed by atoms with Gasteiger partial charge in [-0.25, -0.2) is 9.97 Å². The van der Waals surface area contributed by atoms with E-state index in [0.29, 0.717) is 36.9 Å². The number of carbonyl (C=O) groups is 1. The van der Waals surface area contributed by atoms with E-state index in [4.69, 9.17) is 16.3 Å². The van der Waals surface area contributed by atoms with Gasteiger partial charge in [-0.1, -0.05) is 11.6 Å². The topological polar surface area (TPSA) is 74.4 Å². The summed E-state index contributed by atoms with van der Waals surface area (Å²) in [5, 5.41) is 0.692. The Morgan fingerprint density at radius 3 is 2.86 bits per heavy atom. The van der Waals surface area contributed by atoms with Crippen LogP contribution in [0.1, 0.15) is 22.1 Å². The van der Waals surface area contributed by atoms with Gasteiger partial charge in [0.1, 0.15) is 11.6 Å². The summed E-state index contributed by atoms with van der Waals surface area (Å²) in [5.74, 6) is 1.99. The zero-order chi connectivity index (χ0) is 19.1. The highest BCUT2D eigenvalue weighted by atomic mass is 35.5. The zero-order valence-electron chi connectivity index (χ0n) is 15.3. The van der Waals surface area contributed by atoms with Crippen LogP contribution in [0.5, 0.6) is 0 Å². The summed E-state index contributed by atoms with van der Waals surface area (Å²) in [6.45, 7) is 3.96. The minimum absolute atomic E-state index is 0.0215. The Morgan fingerprint density at radius 2 is 2.04 bits per heavy atom. The average Bonchev–Trinajstić information content (AvgIpc) is 3.10. The molecule has 2 fully saturated rings. The van der Waals surface area contributed by atoms with Crippen LogP contribution < -0.4 is 4.90 Å². The third-order valence-corrected chi connectivity index (χ3v) is 5.58. The van der Waals surface area contributed by atoms with Gasteiger partial charge in [-0.15, -0.1) is 0 Å². The molecule has 0 spiro atoms. The molecular formula is C20H20ClN5O2. The molecule has 0 bridgehead atoms. The van der Waals surface area contributed by atoms with Crippen LogP contribution in [-0.2, 0) is 4.74 Å². The highest BCUT2D eigenvalue weighted by molar-refractivity contribution is 6.31. The lowest BCUT2D eigenvalue weighted by atomic mass is 9.98. The molecule has 1 aromatic carbocycles. The van der Waals surface area contributed by atoms with Gasteiger partial charge in [-0.2, -0.15) is 0 Å². The second kappa shape index (κ2) is 7.07. The first-order chi connectivity index (χ1) is 13.7. The number of halogens is 1. The van der Waals surface area contributed by atoms with E-state index in [0.717, 1.165) is 35.8 Å².